The van der Waals surface area contributed by atoms with Gasteiger partial charge in [-0.1, -0.05) is 6.07 Å². The summed E-state index contributed by atoms with van der Waals surface area (Å²) in [6.45, 7) is 8.82. The van der Waals surface area contributed by atoms with Gasteiger partial charge in [-0.3, -0.25) is 0 Å². The van der Waals surface area contributed by atoms with Gasteiger partial charge >= 0.3 is 0 Å². The van der Waals surface area contributed by atoms with Crippen LogP contribution in [0.4, 0.5) is 10.1 Å². The molecule has 2 saturated heterocycles. The van der Waals surface area contributed by atoms with Crippen LogP contribution in [0.2, 0.25) is 0 Å². The van der Waals surface area contributed by atoms with Gasteiger partial charge in [-0.25, -0.2) is 9.38 Å². The van der Waals surface area contributed by atoms with Gasteiger partial charge in [0, 0.05) is 45.8 Å². The number of ether oxygens (including phenoxy) is 2. The van der Waals surface area contributed by atoms with Crippen LogP contribution in [-0.4, -0.2) is 70.5 Å². The second-order valence-corrected chi connectivity index (χ2v) is 7.11. The van der Waals surface area contributed by atoms with Crippen molar-refractivity contribution in [3.63, 3.8) is 0 Å². The van der Waals surface area contributed by atoms with E-state index < -0.39 is 0 Å². The molecule has 1 aromatic rings. The van der Waals surface area contributed by atoms with Crippen LogP contribution in [0, 0.1) is 11.7 Å². The van der Waals surface area contributed by atoms with Crippen molar-refractivity contribution in [2.24, 2.45) is 10.9 Å². The van der Waals surface area contributed by atoms with E-state index >= 15 is 0 Å². The first kappa shape index (κ1) is 23.2. The second kappa shape index (κ2) is 11.8. The number of nitrogens with zero attached hydrogens (tertiary/aromatic N) is 3. The highest BCUT2D eigenvalue weighted by Gasteiger charge is 2.24. The molecule has 2 heterocycles. The number of likely N-dealkylation sites (tertiary alicyclic amines) is 1. The highest BCUT2D eigenvalue weighted by atomic mass is 127. The third kappa shape index (κ3) is 6.18. The molecule has 158 valence electrons. The van der Waals surface area contributed by atoms with Crippen LogP contribution in [-0.2, 0) is 16.0 Å². The number of benzene rings is 1. The van der Waals surface area contributed by atoms with Crippen LogP contribution >= 0.6 is 24.0 Å². The van der Waals surface area contributed by atoms with Gasteiger partial charge in [0.05, 0.1) is 32.1 Å². The smallest absolute Gasteiger partial charge is 0.194 e. The summed E-state index contributed by atoms with van der Waals surface area (Å²) in [6.07, 6.45) is 1.11. The molecule has 0 radical (unpaired) electrons. The van der Waals surface area contributed by atoms with E-state index in [9.17, 15) is 4.39 Å². The van der Waals surface area contributed by atoms with Crippen molar-refractivity contribution in [3.05, 3.63) is 29.6 Å². The van der Waals surface area contributed by atoms with Crippen LogP contribution in [0.5, 0.6) is 0 Å². The highest BCUT2D eigenvalue weighted by molar-refractivity contribution is 14.0. The standard InChI is InChI=1S/C20H31FN4O2.HI/c1-3-22-20(25-7-6-17(14-25)15-26-2)23-13-16-4-5-19(18(21)12-16)24-8-10-27-11-9-24;/h4-5,12,17H,3,6-11,13-15H2,1-2H3,(H,22,23);1H. The number of nitrogens with one attached hydrogen (secondary N) is 1. The van der Waals surface area contributed by atoms with Gasteiger partial charge in [0.1, 0.15) is 5.82 Å². The molecule has 0 spiro atoms. The fourth-order valence-electron chi connectivity index (χ4n) is 3.70. The zero-order chi connectivity index (χ0) is 19.1. The number of aliphatic imine (C=N–C) groups is 1. The van der Waals surface area contributed by atoms with E-state index in [0.29, 0.717) is 31.4 Å². The molecule has 0 bridgehead atoms. The molecule has 1 aromatic carbocycles. The lowest BCUT2D eigenvalue weighted by molar-refractivity contribution is 0.122. The first-order valence-corrected chi connectivity index (χ1v) is 9.84. The van der Waals surface area contributed by atoms with E-state index in [1.54, 1.807) is 13.2 Å². The summed E-state index contributed by atoms with van der Waals surface area (Å²) >= 11 is 0. The third-order valence-corrected chi connectivity index (χ3v) is 5.10. The molecule has 0 aromatic heterocycles. The monoisotopic (exact) mass is 506 g/mol. The molecule has 8 heteroatoms. The minimum absolute atomic E-state index is 0. The van der Waals surface area contributed by atoms with Crippen molar-refractivity contribution in [1.82, 2.24) is 10.2 Å². The molecule has 3 rings (SSSR count). The summed E-state index contributed by atoms with van der Waals surface area (Å²) in [6, 6.07) is 5.44. The van der Waals surface area contributed by atoms with Gasteiger partial charge < -0.3 is 24.6 Å². The van der Waals surface area contributed by atoms with E-state index in [2.05, 4.69) is 17.1 Å². The Kier molecular flexibility index (Phi) is 9.73. The summed E-state index contributed by atoms with van der Waals surface area (Å²) in [5.74, 6) is 1.26. The number of rotatable bonds is 6. The molecule has 0 saturated carbocycles. The molecule has 1 N–H and O–H groups in total. The van der Waals surface area contributed by atoms with E-state index in [4.69, 9.17) is 14.5 Å². The van der Waals surface area contributed by atoms with Crippen molar-refractivity contribution in [2.45, 2.75) is 19.9 Å². The van der Waals surface area contributed by atoms with Gasteiger partial charge in [-0.05, 0) is 31.0 Å². The predicted octanol–water partition coefficient (Wildman–Crippen LogP) is 2.71. The number of methoxy groups -OCH3 is 1. The summed E-state index contributed by atoms with van der Waals surface area (Å²) in [5.41, 5.74) is 1.53. The van der Waals surface area contributed by atoms with Crippen molar-refractivity contribution in [1.29, 1.82) is 0 Å². The Morgan fingerprint density at radius 1 is 1.32 bits per heavy atom. The van der Waals surface area contributed by atoms with Crippen LogP contribution in [0.15, 0.2) is 23.2 Å². The number of hydrogen-bond donors (Lipinski definition) is 1. The molecule has 1 atom stereocenters. The normalized spacial score (nSPS) is 20.2. The fraction of sp³-hybridized carbons (Fsp3) is 0.650. The largest absolute Gasteiger partial charge is 0.384 e. The number of morpholine rings is 1. The van der Waals surface area contributed by atoms with Crippen LogP contribution in [0.25, 0.3) is 0 Å². The maximum absolute atomic E-state index is 14.6. The maximum Gasteiger partial charge on any atom is 0.194 e. The lowest BCUT2D eigenvalue weighted by Gasteiger charge is -2.29. The fourth-order valence-corrected chi connectivity index (χ4v) is 3.70. The first-order valence-electron chi connectivity index (χ1n) is 9.84. The van der Waals surface area contributed by atoms with Gasteiger partial charge in [-0.15, -0.1) is 24.0 Å². The Hall–Kier alpha value is -1.13. The molecule has 1 unspecified atom stereocenters. The van der Waals surface area contributed by atoms with Gasteiger partial charge in [0.2, 0.25) is 0 Å². The second-order valence-electron chi connectivity index (χ2n) is 7.11. The lowest BCUT2D eigenvalue weighted by Crippen LogP contribution is -2.40. The Balaban J connectivity index is 0.00000280. The van der Waals surface area contributed by atoms with Crippen LogP contribution in [0.1, 0.15) is 18.9 Å². The number of halogens is 2. The summed E-state index contributed by atoms with van der Waals surface area (Å²) in [4.78, 5) is 9.04. The first-order chi connectivity index (χ1) is 13.2. The Labute approximate surface area is 184 Å². The number of anilines is 1. The summed E-state index contributed by atoms with van der Waals surface area (Å²) in [7, 11) is 1.75. The number of hydrogen-bond acceptors (Lipinski definition) is 4. The summed E-state index contributed by atoms with van der Waals surface area (Å²) in [5, 5.41) is 3.35. The molecule has 0 amide bonds. The minimum Gasteiger partial charge on any atom is -0.384 e. The Bertz CT molecular complexity index is 641. The topological polar surface area (TPSA) is 49.3 Å². The van der Waals surface area contributed by atoms with E-state index in [0.717, 1.165) is 57.3 Å². The maximum atomic E-state index is 14.6. The molecule has 2 aliphatic rings. The average Bonchev–Trinajstić information content (AvgIpc) is 3.15. The van der Waals surface area contributed by atoms with Crippen molar-refractivity contribution in [3.8, 4) is 0 Å². The molecule has 6 nitrogen and oxygen atoms in total. The van der Waals surface area contributed by atoms with Crippen LogP contribution < -0.4 is 10.2 Å². The van der Waals surface area contributed by atoms with E-state index in [1.807, 2.05) is 17.0 Å². The number of guanidine groups is 1. The van der Waals surface area contributed by atoms with Crippen molar-refractivity contribution in [2.75, 3.05) is 64.6 Å². The predicted molar refractivity (Wildman–Crippen MR) is 121 cm³/mol. The quantitative estimate of drug-likeness (QED) is 0.366. The Morgan fingerprint density at radius 3 is 2.79 bits per heavy atom. The molecule has 2 fully saturated rings. The van der Waals surface area contributed by atoms with Crippen molar-refractivity contribution < 1.29 is 13.9 Å². The summed E-state index contributed by atoms with van der Waals surface area (Å²) < 4.78 is 25.2. The zero-order valence-corrected chi connectivity index (χ0v) is 19.2. The third-order valence-electron chi connectivity index (χ3n) is 5.10. The molecule has 2 aliphatic heterocycles. The van der Waals surface area contributed by atoms with E-state index in [1.165, 1.54) is 0 Å². The minimum atomic E-state index is -0.184. The molecular formula is C20H32FIN4O2. The van der Waals surface area contributed by atoms with Gasteiger partial charge in [-0.2, -0.15) is 0 Å². The highest BCUT2D eigenvalue weighted by Crippen LogP contribution is 2.22. The molecule has 0 aliphatic carbocycles. The lowest BCUT2D eigenvalue weighted by atomic mass is 10.1. The van der Waals surface area contributed by atoms with Crippen LogP contribution in [0.3, 0.4) is 0 Å². The van der Waals surface area contributed by atoms with E-state index in [-0.39, 0.29) is 29.8 Å². The zero-order valence-electron chi connectivity index (χ0n) is 16.8. The van der Waals surface area contributed by atoms with Gasteiger partial charge in [0.25, 0.3) is 0 Å². The SMILES string of the molecule is CCNC(=NCc1ccc(N2CCOCC2)c(F)c1)N1CCC(COC)C1.I. The van der Waals surface area contributed by atoms with Crippen molar-refractivity contribution >= 4 is 35.6 Å². The molecular weight excluding hydrogens is 474 g/mol. The van der Waals surface area contributed by atoms with Gasteiger partial charge in [0.15, 0.2) is 5.96 Å². The molecule has 28 heavy (non-hydrogen) atoms. The Morgan fingerprint density at radius 2 is 2.11 bits per heavy atom. The average molecular weight is 506 g/mol.